The highest BCUT2D eigenvalue weighted by Gasteiger charge is 2.25. The smallest absolute Gasteiger partial charge is 0.209 e. The summed E-state index contributed by atoms with van der Waals surface area (Å²) in [4.78, 5) is 0. The van der Waals surface area contributed by atoms with Crippen molar-refractivity contribution in [2.24, 2.45) is 0 Å². The Balaban J connectivity index is 1.81. The topological polar surface area (TPSA) is 67.4 Å². The van der Waals surface area contributed by atoms with Gasteiger partial charge in [0, 0.05) is 30.1 Å². The molecule has 0 bridgehead atoms. The maximum atomic E-state index is 11.3. The third-order valence-corrected chi connectivity index (χ3v) is 4.32. The Kier molecular flexibility index (Phi) is 4.82. The Morgan fingerprint density at radius 3 is 2.81 bits per heavy atom. The number of benzene rings is 1. The van der Waals surface area contributed by atoms with Crippen LogP contribution in [0.15, 0.2) is 18.2 Å². The summed E-state index contributed by atoms with van der Waals surface area (Å²) in [7, 11) is -3.22. The molecule has 0 amide bonds. The van der Waals surface area contributed by atoms with Gasteiger partial charge in [-0.25, -0.2) is 13.1 Å². The average Bonchev–Trinajstić information content (AvgIpc) is 2.66. The van der Waals surface area contributed by atoms with E-state index in [0.717, 1.165) is 24.0 Å². The van der Waals surface area contributed by atoms with Crippen LogP contribution in [0, 0.1) is 0 Å². The van der Waals surface area contributed by atoms with Gasteiger partial charge in [0.2, 0.25) is 10.0 Å². The molecule has 1 heterocycles. The lowest BCUT2D eigenvalue weighted by Crippen LogP contribution is -2.51. The van der Waals surface area contributed by atoms with Crippen molar-refractivity contribution in [3.05, 3.63) is 28.8 Å². The van der Waals surface area contributed by atoms with Crippen molar-refractivity contribution < 1.29 is 13.2 Å². The van der Waals surface area contributed by atoms with Gasteiger partial charge in [-0.3, -0.25) is 0 Å². The SMILES string of the molecule is CC(C)(CNCC1Cc2cc(Cl)ccc2O1)NS(C)(=O)=O. The minimum absolute atomic E-state index is 0.0486. The summed E-state index contributed by atoms with van der Waals surface area (Å²) in [5.74, 6) is 0.875. The lowest BCUT2D eigenvalue weighted by Gasteiger charge is -2.26. The fourth-order valence-electron chi connectivity index (χ4n) is 2.49. The largest absolute Gasteiger partial charge is 0.488 e. The number of hydrogen-bond donors (Lipinski definition) is 2. The van der Waals surface area contributed by atoms with Gasteiger partial charge < -0.3 is 10.1 Å². The van der Waals surface area contributed by atoms with Crippen molar-refractivity contribution >= 4 is 21.6 Å². The molecule has 0 radical (unpaired) electrons. The number of sulfonamides is 1. The van der Waals surface area contributed by atoms with Crippen molar-refractivity contribution in [1.82, 2.24) is 10.0 Å². The zero-order valence-electron chi connectivity index (χ0n) is 12.4. The molecule has 1 aromatic rings. The van der Waals surface area contributed by atoms with E-state index in [-0.39, 0.29) is 6.10 Å². The zero-order valence-corrected chi connectivity index (χ0v) is 14.0. The second-order valence-corrected chi connectivity index (χ2v) is 8.27. The monoisotopic (exact) mass is 332 g/mol. The second kappa shape index (κ2) is 6.12. The Hall–Kier alpha value is -0.820. The zero-order chi connectivity index (χ0) is 15.7. The van der Waals surface area contributed by atoms with Gasteiger partial charge in [0.05, 0.1) is 6.26 Å². The van der Waals surface area contributed by atoms with Crippen LogP contribution in [0.5, 0.6) is 5.75 Å². The predicted molar refractivity (Wildman–Crippen MR) is 84.5 cm³/mol. The lowest BCUT2D eigenvalue weighted by molar-refractivity contribution is 0.223. The number of halogens is 1. The summed E-state index contributed by atoms with van der Waals surface area (Å²) < 4.78 is 31.0. The van der Waals surface area contributed by atoms with Crippen LogP contribution in [0.4, 0.5) is 0 Å². The highest BCUT2D eigenvalue weighted by atomic mass is 35.5. The van der Waals surface area contributed by atoms with E-state index >= 15 is 0 Å². The highest BCUT2D eigenvalue weighted by molar-refractivity contribution is 7.88. The maximum Gasteiger partial charge on any atom is 0.209 e. The van der Waals surface area contributed by atoms with Crippen LogP contribution in [-0.2, 0) is 16.4 Å². The van der Waals surface area contributed by atoms with Crippen LogP contribution < -0.4 is 14.8 Å². The van der Waals surface area contributed by atoms with E-state index in [9.17, 15) is 8.42 Å². The molecule has 1 aliphatic rings. The standard InChI is InChI=1S/C14H21ClN2O3S/c1-14(2,17-21(3,18)19)9-16-8-12-7-10-6-11(15)4-5-13(10)20-12/h4-6,12,16-17H,7-9H2,1-3H3. The van der Waals surface area contributed by atoms with E-state index in [2.05, 4.69) is 10.0 Å². The summed E-state index contributed by atoms with van der Waals surface area (Å²) in [5.41, 5.74) is 0.574. The summed E-state index contributed by atoms with van der Waals surface area (Å²) in [6, 6.07) is 5.62. The van der Waals surface area contributed by atoms with Gasteiger partial charge in [-0.2, -0.15) is 0 Å². The molecular weight excluding hydrogens is 312 g/mol. The van der Waals surface area contributed by atoms with Crippen LogP contribution in [0.1, 0.15) is 19.4 Å². The highest BCUT2D eigenvalue weighted by Crippen LogP contribution is 2.30. The second-order valence-electron chi connectivity index (χ2n) is 6.09. The number of nitrogens with one attached hydrogen (secondary N) is 2. The third-order valence-electron chi connectivity index (χ3n) is 3.16. The van der Waals surface area contributed by atoms with Crippen LogP contribution in [-0.4, -0.2) is 39.4 Å². The van der Waals surface area contributed by atoms with E-state index < -0.39 is 15.6 Å². The van der Waals surface area contributed by atoms with Crippen molar-refractivity contribution in [3.63, 3.8) is 0 Å². The fourth-order valence-corrected chi connectivity index (χ4v) is 3.76. The van der Waals surface area contributed by atoms with Crippen LogP contribution in [0.25, 0.3) is 0 Å². The number of ether oxygens (including phenoxy) is 1. The van der Waals surface area contributed by atoms with Crippen molar-refractivity contribution in [2.45, 2.75) is 31.9 Å². The van der Waals surface area contributed by atoms with Crippen LogP contribution in [0.3, 0.4) is 0 Å². The summed E-state index contributed by atoms with van der Waals surface area (Å²) in [6.07, 6.45) is 2.02. The van der Waals surface area contributed by atoms with Gasteiger partial charge in [-0.05, 0) is 37.6 Å². The van der Waals surface area contributed by atoms with Gasteiger partial charge in [0.25, 0.3) is 0 Å². The predicted octanol–water partition coefficient (Wildman–Crippen LogP) is 1.56. The first-order chi connectivity index (χ1) is 9.65. The molecule has 1 unspecified atom stereocenters. The molecule has 0 saturated heterocycles. The van der Waals surface area contributed by atoms with E-state index in [0.29, 0.717) is 18.1 Å². The Labute approximate surface area is 131 Å². The Morgan fingerprint density at radius 1 is 1.43 bits per heavy atom. The molecule has 1 aliphatic heterocycles. The first-order valence-electron chi connectivity index (χ1n) is 6.79. The molecule has 0 spiro atoms. The molecule has 1 atom stereocenters. The Morgan fingerprint density at radius 2 is 2.14 bits per heavy atom. The molecule has 0 aromatic heterocycles. The number of fused-ring (bicyclic) bond motifs is 1. The third kappa shape index (κ3) is 5.14. The van der Waals surface area contributed by atoms with Gasteiger partial charge in [-0.1, -0.05) is 11.6 Å². The van der Waals surface area contributed by atoms with Gasteiger partial charge in [0.15, 0.2) is 0 Å². The van der Waals surface area contributed by atoms with Crippen molar-refractivity contribution in [3.8, 4) is 5.75 Å². The molecule has 0 aliphatic carbocycles. The average molecular weight is 333 g/mol. The van der Waals surface area contributed by atoms with Crippen molar-refractivity contribution in [2.75, 3.05) is 19.3 Å². The molecule has 0 fully saturated rings. The van der Waals surface area contributed by atoms with Gasteiger partial charge >= 0.3 is 0 Å². The molecule has 2 rings (SSSR count). The molecule has 0 saturated carbocycles. The molecule has 118 valence electrons. The van der Waals surface area contributed by atoms with Gasteiger partial charge in [-0.15, -0.1) is 0 Å². The number of rotatable bonds is 6. The molecule has 21 heavy (non-hydrogen) atoms. The fraction of sp³-hybridized carbons (Fsp3) is 0.571. The van der Waals surface area contributed by atoms with E-state index in [4.69, 9.17) is 16.3 Å². The first-order valence-corrected chi connectivity index (χ1v) is 9.06. The molecule has 2 N–H and O–H groups in total. The maximum absolute atomic E-state index is 11.3. The van der Waals surface area contributed by atoms with Gasteiger partial charge in [0.1, 0.15) is 11.9 Å². The minimum atomic E-state index is -3.22. The van der Waals surface area contributed by atoms with E-state index in [1.54, 1.807) is 0 Å². The van der Waals surface area contributed by atoms with Crippen LogP contribution >= 0.6 is 11.6 Å². The van der Waals surface area contributed by atoms with Crippen LogP contribution in [0.2, 0.25) is 5.02 Å². The summed E-state index contributed by atoms with van der Waals surface area (Å²) in [6.45, 7) is 4.86. The minimum Gasteiger partial charge on any atom is -0.488 e. The Bertz CT molecular complexity index is 617. The quantitative estimate of drug-likeness (QED) is 0.829. The molecule has 1 aromatic carbocycles. The first kappa shape index (κ1) is 16.5. The molecular formula is C14H21ClN2O3S. The number of hydrogen-bond acceptors (Lipinski definition) is 4. The summed E-state index contributed by atoms with van der Waals surface area (Å²) >= 11 is 5.96. The van der Waals surface area contributed by atoms with Crippen molar-refractivity contribution in [1.29, 1.82) is 0 Å². The normalized spacial score (nSPS) is 18.4. The van der Waals surface area contributed by atoms with E-state index in [1.807, 2.05) is 32.0 Å². The molecule has 5 nitrogen and oxygen atoms in total. The van der Waals surface area contributed by atoms with E-state index in [1.165, 1.54) is 0 Å². The lowest BCUT2D eigenvalue weighted by atomic mass is 10.1. The summed E-state index contributed by atoms with van der Waals surface area (Å²) in [5, 5.41) is 3.97. The molecule has 7 heteroatoms.